The topological polar surface area (TPSA) is 66.8 Å². The van der Waals surface area contributed by atoms with Crippen molar-refractivity contribution in [2.45, 2.75) is 27.2 Å². The fourth-order valence-corrected chi connectivity index (χ4v) is 1.90. The molecule has 0 aliphatic heterocycles. The van der Waals surface area contributed by atoms with Gasteiger partial charge in [0.15, 0.2) is 11.5 Å². The highest BCUT2D eigenvalue weighted by Gasteiger charge is 2.23. The Kier molecular flexibility index (Phi) is 4.16. The van der Waals surface area contributed by atoms with Gasteiger partial charge in [0, 0.05) is 11.1 Å². The molecular formula is C13H17FO4. The fraction of sp³-hybridized carbons (Fsp3) is 0.462. The van der Waals surface area contributed by atoms with Crippen LogP contribution in [0.3, 0.4) is 0 Å². The third kappa shape index (κ3) is 2.39. The minimum absolute atomic E-state index is 0.0561. The van der Waals surface area contributed by atoms with Gasteiger partial charge in [-0.15, -0.1) is 0 Å². The lowest BCUT2D eigenvalue weighted by molar-refractivity contribution is -0.141. The monoisotopic (exact) mass is 256 g/mol. The van der Waals surface area contributed by atoms with Gasteiger partial charge in [-0.05, 0) is 25.8 Å². The van der Waals surface area contributed by atoms with E-state index in [1.165, 1.54) is 27.9 Å². The second-order valence-corrected chi connectivity index (χ2v) is 4.37. The van der Waals surface area contributed by atoms with Crippen molar-refractivity contribution in [3.05, 3.63) is 22.5 Å². The van der Waals surface area contributed by atoms with Gasteiger partial charge in [-0.2, -0.15) is 0 Å². The van der Waals surface area contributed by atoms with Crippen LogP contribution in [-0.2, 0) is 11.2 Å². The SMILES string of the molecule is COc1c(C)c(F)c(C)c(CC(C)C(=O)O)c1O. The van der Waals surface area contributed by atoms with E-state index in [9.17, 15) is 14.3 Å². The van der Waals surface area contributed by atoms with Crippen LogP contribution in [0.25, 0.3) is 0 Å². The predicted molar refractivity (Wildman–Crippen MR) is 64.6 cm³/mol. The number of ether oxygens (including phenoxy) is 1. The minimum Gasteiger partial charge on any atom is -0.504 e. The molecule has 0 bridgehead atoms. The molecule has 0 amide bonds. The van der Waals surface area contributed by atoms with E-state index < -0.39 is 17.7 Å². The zero-order valence-electron chi connectivity index (χ0n) is 10.9. The average molecular weight is 256 g/mol. The summed E-state index contributed by atoms with van der Waals surface area (Å²) in [6.07, 6.45) is 0.0561. The Hall–Kier alpha value is -1.78. The van der Waals surface area contributed by atoms with Gasteiger partial charge in [0.1, 0.15) is 5.82 Å². The molecule has 18 heavy (non-hydrogen) atoms. The van der Waals surface area contributed by atoms with Crippen molar-refractivity contribution in [3.8, 4) is 11.5 Å². The summed E-state index contributed by atoms with van der Waals surface area (Å²) in [6.45, 7) is 4.53. The van der Waals surface area contributed by atoms with Crippen LogP contribution in [0.5, 0.6) is 11.5 Å². The first-order valence-electron chi connectivity index (χ1n) is 5.58. The number of halogens is 1. The molecule has 0 radical (unpaired) electrons. The van der Waals surface area contributed by atoms with Crippen molar-refractivity contribution in [2.75, 3.05) is 7.11 Å². The molecular weight excluding hydrogens is 239 g/mol. The number of carboxylic acid groups (broad SMARTS) is 1. The van der Waals surface area contributed by atoms with Crippen molar-refractivity contribution in [1.82, 2.24) is 0 Å². The molecule has 1 aromatic carbocycles. The number of rotatable bonds is 4. The van der Waals surface area contributed by atoms with Crippen LogP contribution in [0.1, 0.15) is 23.6 Å². The molecule has 2 N–H and O–H groups in total. The Morgan fingerprint density at radius 3 is 2.39 bits per heavy atom. The number of carboxylic acids is 1. The van der Waals surface area contributed by atoms with Crippen LogP contribution in [0.15, 0.2) is 0 Å². The summed E-state index contributed by atoms with van der Waals surface area (Å²) in [5.41, 5.74) is 0.767. The van der Waals surface area contributed by atoms with Gasteiger partial charge >= 0.3 is 5.97 Å². The number of benzene rings is 1. The van der Waals surface area contributed by atoms with Crippen molar-refractivity contribution in [3.63, 3.8) is 0 Å². The Morgan fingerprint density at radius 1 is 1.39 bits per heavy atom. The molecule has 0 saturated carbocycles. The summed E-state index contributed by atoms with van der Waals surface area (Å²) in [6, 6.07) is 0. The molecule has 0 fully saturated rings. The van der Waals surface area contributed by atoms with E-state index in [1.54, 1.807) is 0 Å². The predicted octanol–water partition coefficient (Wildman–Crippen LogP) is 2.42. The second-order valence-electron chi connectivity index (χ2n) is 4.37. The zero-order valence-corrected chi connectivity index (χ0v) is 10.9. The summed E-state index contributed by atoms with van der Waals surface area (Å²) < 4.78 is 18.9. The Bertz CT molecular complexity index is 483. The lowest BCUT2D eigenvalue weighted by Crippen LogP contribution is -2.14. The highest BCUT2D eigenvalue weighted by molar-refractivity contribution is 5.70. The first-order valence-corrected chi connectivity index (χ1v) is 5.58. The molecule has 0 heterocycles. The number of phenolic OH excluding ortho intramolecular Hbond substituents is 1. The lowest BCUT2D eigenvalue weighted by atomic mass is 9.94. The molecule has 5 heteroatoms. The van der Waals surface area contributed by atoms with Crippen molar-refractivity contribution >= 4 is 5.97 Å². The summed E-state index contributed by atoms with van der Waals surface area (Å²) in [4.78, 5) is 10.8. The van der Waals surface area contributed by atoms with Gasteiger partial charge in [-0.1, -0.05) is 6.92 Å². The molecule has 0 aromatic heterocycles. The number of aromatic hydroxyl groups is 1. The standard InChI is InChI=1S/C13H17FO4/c1-6(13(16)17)5-9-7(2)10(14)8(3)12(18-4)11(9)15/h6,15H,5H2,1-4H3,(H,16,17). The third-order valence-electron chi connectivity index (χ3n) is 3.09. The quantitative estimate of drug-likeness (QED) is 0.868. The van der Waals surface area contributed by atoms with E-state index in [0.29, 0.717) is 0 Å². The van der Waals surface area contributed by atoms with Gasteiger partial charge in [-0.25, -0.2) is 4.39 Å². The first-order chi connectivity index (χ1) is 8.31. The van der Waals surface area contributed by atoms with Crippen molar-refractivity contribution in [1.29, 1.82) is 0 Å². The van der Waals surface area contributed by atoms with E-state index in [-0.39, 0.29) is 34.6 Å². The van der Waals surface area contributed by atoms with Gasteiger partial charge < -0.3 is 14.9 Å². The molecule has 0 aliphatic rings. The van der Waals surface area contributed by atoms with Crippen LogP contribution in [-0.4, -0.2) is 23.3 Å². The van der Waals surface area contributed by atoms with Crippen molar-refractivity contribution in [2.24, 2.45) is 5.92 Å². The van der Waals surface area contributed by atoms with Gasteiger partial charge in [0.2, 0.25) is 0 Å². The molecule has 100 valence electrons. The molecule has 1 aromatic rings. The molecule has 0 aliphatic carbocycles. The summed E-state index contributed by atoms with van der Waals surface area (Å²) in [5, 5.41) is 18.9. The molecule has 1 unspecified atom stereocenters. The maximum atomic E-state index is 13.9. The fourth-order valence-electron chi connectivity index (χ4n) is 1.90. The normalized spacial score (nSPS) is 12.3. The molecule has 0 saturated heterocycles. The minimum atomic E-state index is -0.992. The summed E-state index contributed by atoms with van der Waals surface area (Å²) >= 11 is 0. The number of aliphatic carboxylic acids is 1. The number of phenols is 1. The molecule has 0 spiro atoms. The maximum Gasteiger partial charge on any atom is 0.306 e. The summed E-state index contributed by atoms with van der Waals surface area (Å²) in [7, 11) is 1.33. The van der Waals surface area contributed by atoms with Crippen LogP contribution in [0.2, 0.25) is 0 Å². The smallest absolute Gasteiger partial charge is 0.306 e. The second kappa shape index (κ2) is 5.25. The Morgan fingerprint density at radius 2 is 1.94 bits per heavy atom. The van der Waals surface area contributed by atoms with E-state index >= 15 is 0 Å². The van der Waals surface area contributed by atoms with E-state index in [0.717, 1.165) is 0 Å². The van der Waals surface area contributed by atoms with E-state index in [2.05, 4.69) is 0 Å². The number of hydrogen-bond acceptors (Lipinski definition) is 3. The molecule has 4 nitrogen and oxygen atoms in total. The Balaban J connectivity index is 3.35. The number of carbonyl (C=O) groups is 1. The van der Waals surface area contributed by atoms with Crippen molar-refractivity contribution < 1.29 is 24.1 Å². The maximum absolute atomic E-state index is 13.9. The van der Waals surface area contributed by atoms with Crippen LogP contribution in [0.4, 0.5) is 4.39 Å². The number of hydrogen-bond donors (Lipinski definition) is 2. The van der Waals surface area contributed by atoms with Gasteiger partial charge in [0.25, 0.3) is 0 Å². The van der Waals surface area contributed by atoms with E-state index in [4.69, 9.17) is 9.84 Å². The zero-order chi connectivity index (χ0) is 14.0. The largest absolute Gasteiger partial charge is 0.504 e. The first kappa shape index (κ1) is 14.3. The van der Waals surface area contributed by atoms with Crippen LogP contribution in [0, 0.1) is 25.6 Å². The highest BCUT2D eigenvalue weighted by Crippen LogP contribution is 2.38. The molecule has 1 rings (SSSR count). The van der Waals surface area contributed by atoms with Gasteiger partial charge in [0.05, 0.1) is 13.0 Å². The lowest BCUT2D eigenvalue weighted by Gasteiger charge is -2.17. The van der Waals surface area contributed by atoms with Crippen LogP contribution >= 0.6 is 0 Å². The molecule has 1 atom stereocenters. The number of methoxy groups -OCH3 is 1. The average Bonchev–Trinajstić information content (AvgIpc) is 2.32. The van der Waals surface area contributed by atoms with E-state index in [1.807, 2.05) is 0 Å². The van der Waals surface area contributed by atoms with Crippen LogP contribution < -0.4 is 4.74 Å². The Labute approximate surface area is 105 Å². The highest BCUT2D eigenvalue weighted by atomic mass is 19.1. The summed E-state index contributed by atoms with van der Waals surface area (Å²) in [5.74, 6) is -2.29. The third-order valence-corrected chi connectivity index (χ3v) is 3.09. The van der Waals surface area contributed by atoms with Gasteiger partial charge in [-0.3, -0.25) is 4.79 Å².